The van der Waals surface area contributed by atoms with Gasteiger partial charge in [0.2, 0.25) is 0 Å². The molecule has 1 amide bonds. The van der Waals surface area contributed by atoms with Crippen LogP contribution in [0.25, 0.3) is 0 Å². The summed E-state index contributed by atoms with van der Waals surface area (Å²) in [6, 6.07) is 0.851. The second-order valence-electron chi connectivity index (χ2n) is 6.36. The highest BCUT2D eigenvalue weighted by atomic mass is 35.5. The predicted octanol–water partition coefficient (Wildman–Crippen LogP) is 2.69. The van der Waals surface area contributed by atoms with E-state index >= 15 is 0 Å². The lowest BCUT2D eigenvalue weighted by molar-refractivity contribution is -0.0210. The fourth-order valence-corrected chi connectivity index (χ4v) is 3.04. The number of nitrogens with zero attached hydrogens (tertiary/aromatic N) is 1. The van der Waals surface area contributed by atoms with Crippen molar-refractivity contribution in [2.45, 2.75) is 76.6 Å². The molecule has 0 spiro atoms. The van der Waals surface area contributed by atoms with Crippen LogP contribution >= 0.6 is 12.4 Å². The van der Waals surface area contributed by atoms with Crippen molar-refractivity contribution in [1.82, 2.24) is 4.90 Å². The van der Waals surface area contributed by atoms with Crippen LogP contribution in [-0.4, -0.2) is 34.7 Å². The van der Waals surface area contributed by atoms with Gasteiger partial charge in [0.05, 0.1) is 0 Å². The van der Waals surface area contributed by atoms with Gasteiger partial charge in [-0.15, -0.1) is 12.4 Å². The van der Waals surface area contributed by atoms with E-state index in [1.54, 1.807) is 0 Å². The van der Waals surface area contributed by atoms with E-state index in [4.69, 9.17) is 10.5 Å². The normalized spacial score (nSPS) is 31.6. The minimum Gasteiger partial charge on any atom is -0.444 e. The molecule has 0 aromatic heterocycles. The molecule has 2 atom stereocenters. The highest BCUT2D eigenvalue weighted by molar-refractivity contribution is 5.85. The number of nitrogens with two attached hydrogens (primary N) is 1. The molecule has 2 bridgehead atoms. The summed E-state index contributed by atoms with van der Waals surface area (Å²) in [7, 11) is 0. The molecule has 4 nitrogen and oxygen atoms in total. The first kappa shape index (κ1) is 15.6. The molecule has 0 saturated carbocycles. The molecular formula is C13H25ClN2O2. The predicted molar refractivity (Wildman–Crippen MR) is 74.0 cm³/mol. The zero-order valence-corrected chi connectivity index (χ0v) is 12.3. The Morgan fingerprint density at radius 2 is 1.72 bits per heavy atom. The Bertz CT molecular complexity index is 290. The van der Waals surface area contributed by atoms with Crippen molar-refractivity contribution in [2.24, 2.45) is 5.73 Å². The Morgan fingerprint density at radius 3 is 2.17 bits per heavy atom. The molecule has 2 N–H and O–H groups in total. The van der Waals surface area contributed by atoms with Crippen LogP contribution in [0.4, 0.5) is 4.79 Å². The highest BCUT2D eigenvalue weighted by Gasteiger charge is 2.41. The number of piperidine rings is 2. The Balaban J connectivity index is 0.00000162. The van der Waals surface area contributed by atoms with Crippen LogP contribution in [-0.2, 0) is 4.74 Å². The van der Waals surface area contributed by atoms with Gasteiger partial charge in [0.15, 0.2) is 0 Å². The Morgan fingerprint density at radius 1 is 1.22 bits per heavy atom. The minimum absolute atomic E-state index is 0. The molecule has 2 aliphatic heterocycles. The van der Waals surface area contributed by atoms with E-state index in [1.165, 1.54) is 6.42 Å². The second kappa shape index (κ2) is 5.66. The first-order valence-electron chi connectivity index (χ1n) is 6.64. The number of hydrogen-bond donors (Lipinski definition) is 1. The van der Waals surface area contributed by atoms with E-state index in [0.29, 0.717) is 12.1 Å². The van der Waals surface area contributed by atoms with E-state index in [-0.39, 0.29) is 24.5 Å². The van der Waals surface area contributed by atoms with Crippen LogP contribution in [0.15, 0.2) is 0 Å². The summed E-state index contributed by atoms with van der Waals surface area (Å²) < 4.78 is 5.49. The van der Waals surface area contributed by atoms with Crippen LogP contribution in [0.5, 0.6) is 0 Å². The number of ether oxygens (including phenoxy) is 1. The maximum atomic E-state index is 12.2. The molecule has 0 radical (unpaired) electrons. The van der Waals surface area contributed by atoms with Gasteiger partial charge in [-0.1, -0.05) is 0 Å². The molecule has 2 aliphatic rings. The zero-order valence-electron chi connectivity index (χ0n) is 11.5. The monoisotopic (exact) mass is 276 g/mol. The van der Waals surface area contributed by atoms with Crippen LogP contribution in [0.3, 0.4) is 0 Å². The third kappa shape index (κ3) is 3.51. The lowest BCUT2D eigenvalue weighted by Gasteiger charge is -2.47. The van der Waals surface area contributed by atoms with Gasteiger partial charge in [0, 0.05) is 18.1 Å². The lowest BCUT2D eigenvalue weighted by Crippen LogP contribution is -2.58. The van der Waals surface area contributed by atoms with Crippen LogP contribution < -0.4 is 5.73 Å². The first-order valence-corrected chi connectivity index (χ1v) is 6.64. The van der Waals surface area contributed by atoms with Crippen molar-refractivity contribution in [2.75, 3.05) is 0 Å². The molecule has 106 valence electrons. The average Bonchev–Trinajstić information content (AvgIpc) is 2.12. The van der Waals surface area contributed by atoms with Gasteiger partial charge in [-0.2, -0.15) is 0 Å². The van der Waals surface area contributed by atoms with E-state index in [9.17, 15) is 4.79 Å². The fraction of sp³-hybridized carbons (Fsp3) is 0.923. The molecule has 0 aromatic carbocycles. The van der Waals surface area contributed by atoms with E-state index in [1.807, 2.05) is 25.7 Å². The van der Waals surface area contributed by atoms with Gasteiger partial charge >= 0.3 is 6.09 Å². The largest absolute Gasteiger partial charge is 0.444 e. The Kier molecular flexibility index (Phi) is 4.90. The van der Waals surface area contributed by atoms with Crippen molar-refractivity contribution in [3.05, 3.63) is 0 Å². The summed E-state index contributed by atoms with van der Waals surface area (Å²) in [4.78, 5) is 14.2. The molecule has 2 fully saturated rings. The third-order valence-electron chi connectivity index (χ3n) is 3.62. The number of rotatable bonds is 0. The maximum Gasteiger partial charge on any atom is 0.410 e. The highest BCUT2D eigenvalue weighted by Crippen LogP contribution is 2.34. The lowest BCUT2D eigenvalue weighted by atomic mass is 9.82. The maximum absolute atomic E-state index is 12.2. The number of carbonyl (C=O) groups is 1. The van der Waals surface area contributed by atoms with E-state index in [2.05, 4.69) is 0 Å². The number of carbonyl (C=O) groups excluding carboxylic acids is 1. The van der Waals surface area contributed by atoms with Gasteiger partial charge in [-0.3, -0.25) is 0 Å². The summed E-state index contributed by atoms with van der Waals surface area (Å²) in [6.45, 7) is 5.74. The zero-order chi connectivity index (χ0) is 12.6. The number of hydrogen-bond acceptors (Lipinski definition) is 3. The van der Waals surface area contributed by atoms with Crippen LogP contribution in [0.1, 0.15) is 52.9 Å². The smallest absolute Gasteiger partial charge is 0.410 e. The second-order valence-corrected chi connectivity index (χ2v) is 6.36. The molecular weight excluding hydrogens is 252 g/mol. The van der Waals surface area contributed by atoms with Gasteiger partial charge in [-0.05, 0) is 52.9 Å². The molecule has 0 aliphatic carbocycles. The van der Waals surface area contributed by atoms with Crippen molar-refractivity contribution < 1.29 is 9.53 Å². The molecule has 5 heteroatoms. The van der Waals surface area contributed by atoms with Gasteiger partial charge < -0.3 is 15.4 Å². The van der Waals surface area contributed by atoms with Crippen molar-refractivity contribution in [3.8, 4) is 0 Å². The summed E-state index contributed by atoms with van der Waals surface area (Å²) in [5, 5.41) is 0. The van der Waals surface area contributed by atoms with E-state index < -0.39 is 5.60 Å². The molecule has 18 heavy (non-hydrogen) atoms. The van der Waals surface area contributed by atoms with E-state index in [0.717, 1.165) is 25.7 Å². The standard InChI is InChI=1S/C13H24N2O2.ClH/c1-13(2,3)17-12(16)15-10-5-4-6-11(15)8-9(14)7-10;/h9-11H,4-8,14H2,1-3H3;1H. The molecule has 0 aromatic rings. The SMILES string of the molecule is CC(C)(C)OC(=O)N1C2CCCC1CC(N)C2.Cl. The molecule has 2 rings (SSSR count). The van der Waals surface area contributed by atoms with Gasteiger partial charge in [0.25, 0.3) is 0 Å². The van der Waals surface area contributed by atoms with Gasteiger partial charge in [0.1, 0.15) is 5.60 Å². The quantitative estimate of drug-likeness (QED) is 0.740. The van der Waals surface area contributed by atoms with Crippen LogP contribution in [0.2, 0.25) is 0 Å². The summed E-state index contributed by atoms with van der Waals surface area (Å²) >= 11 is 0. The third-order valence-corrected chi connectivity index (χ3v) is 3.62. The first-order chi connectivity index (χ1) is 7.87. The van der Waals surface area contributed by atoms with Gasteiger partial charge in [-0.25, -0.2) is 4.79 Å². The summed E-state index contributed by atoms with van der Waals surface area (Å²) in [5.74, 6) is 0. The average molecular weight is 277 g/mol. The molecule has 2 unspecified atom stereocenters. The molecule has 2 saturated heterocycles. The Labute approximate surface area is 116 Å². The molecule has 2 heterocycles. The minimum atomic E-state index is -0.412. The van der Waals surface area contributed by atoms with Crippen molar-refractivity contribution in [1.29, 1.82) is 0 Å². The Hall–Kier alpha value is -0.480. The van der Waals surface area contributed by atoms with Crippen LogP contribution in [0, 0.1) is 0 Å². The topological polar surface area (TPSA) is 55.6 Å². The fourth-order valence-electron chi connectivity index (χ4n) is 3.04. The number of amides is 1. The number of fused-ring (bicyclic) bond motifs is 2. The van der Waals surface area contributed by atoms with Crippen molar-refractivity contribution >= 4 is 18.5 Å². The van der Waals surface area contributed by atoms with Crippen molar-refractivity contribution in [3.63, 3.8) is 0 Å². The summed E-state index contributed by atoms with van der Waals surface area (Å²) in [6.07, 6.45) is 5.05. The number of halogens is 1. The summed E-state index contributed by atoms with van der Waals surface area (Å²) in [5.41, 5.74) is 5.62.